The highest BCUT2D eigenvalue weighted by molar-refractivity contribution is 5.77. The molecule has 0 N–H and O–H groups in total. The Morgan fingerprint density at radius 1 is 0.889 bits per heavy atom. The smallest absolute Gasteiger partial charge is 0.306 e. The molecule has 0 aliphatic rings. The molecule has 0 unspecified atom stereocenters. The first-order valence-corrected chi connectivity index (χ1v) is 6.99. The van der Waals surface area contributed by atoms with Gasteiger partial charge in [0.25, 0.3) is 0 Å². The number of hydrogen-bond acceptors (Lipinski definition) is 4. The topological polar surface area (TPSA) is 52.6 Å². The summed E-state index contributed by atoms with van der Waals surface area (Å²) in [6.07, 6.45) is 4.80. The normalized spacial score (nSPS) is 10.4. The largest absolute Gasteiger partial charge is 0.466 e. The Balaban J connectivity index is 3.82. The fraction of sp³-hybridized carbons (Fsp3) is 0.857. The van der Waals surface area contributed by atoms with Gasteiger partial charge in [-0.25, -0.2) is 0 Å². The number of rotatable bonds is 10. The summed E-state index contributed by atoms with van der Waals surface area (Å²) in [4.78, 5) is 22.8. The maximum absolute atomic E-state index is 11.6. The van der Waals surface area contributed by atoms with Crippen LogP contribution < -0.4 is 0 Å². The second kappa shape index (κ2) is 11.1. The lowest BCUT2D eigenvalue weighted by atomic mass is 10.1. The number of carbonyl (C=O) groups excluding carboxylic acids is 2. The molecule has 0 saturated carbocycles. The summed E-state index contributed by atoms with van der Waals surface area (Å²) in [7, 11) is 0. The van der Waals surface area contributed by atoms with Gasteiger partial charge in [-0.15, -0.1) is 0 Å². The summed E-state index contributed by atoms with van der Waals surface area (Å²) in [5.74, 6) is -0.619. The molecule has 0 amide bonds. The molecule has 0 aliphatic carbocycles. The zero-order valence-electron chi connectivity index (χ0n) is 11.9. The van der Waals surface area contributed by atoms with Crippen LogP contribution in [0.3, 0.4) is 0 Å². The van der Waals surface area contributed by atoms with Crippen molar-refractivity contribution in [1.82, 2.24) is 0 Å². The van der Waals surface area contributed by atoms with Crippen LogP contribution in [-0.2, 0) is 19.1 Å². The maximum Gasteiger partial charge on any atom is 0.306 e. The van der Waals surface area contributed by atoms with E-state index < -0.39 is 0 Å². The molecule has 0 heterocycles. The Morgan fingerprint density at radius 3 is 1.94 bits per heavy atom. The summed E-state index contributed by atoms with van der Waals surface area (Å²) >= 11 is 0. The van der Waals surface area contributed by atoms with Gasteiger partial charge in [-0.2, -0.15) is 0 Å². The van der Waals surface area contributed by atoms with E-state index in [9.17, 15) is 9.59 Å². The number of ether oxygens (including phenoxy) is 2. The van der Waals surface area contributed by atoms with Crippen LogP contribution in [0.15, 0.2) is 0 Å². The summed E-state index contributed by atoms with van der Waals surface area (Å²) < 4.78 is 10.2. The lowest BCUT2D eigenvalue weighted by Crippen LogP contribution is -2.19. The fourth-order valence-electron chi connectivity index (χ4n) is 1.64. The Kier molecular flexibility index (Phi) is 10.4. The van der Waals surface area contributed by atoms with Gasteiger partial charge in [0.1, 0.15) is 6.10 Å². The Labute approximate surface area is 110 Å². The average Bonchev–Trinajstić information content (AvgIpc) is 2.34. The van der Waals surface area contributed by atoms with Crippen LogP contribution in [0.2, 0.25) is 0 Å². The molecule has 0 fully saturated rings. The molecule has 0 radical (unpaired) electrons. The van der Waals surface area contributed by atoms with E-state index >= 15 is 0 Å². The fourth-order valence-corrected chi connectivity index (χ4v) is 1.64. The van der Waals surface area contributed by atoms with Gasteiger partial charge in [-0.1, -0.05) is 33.6 Å². The quantitative estimate of drug-likeness (QED) is 0.564. The van der Waals surface area contributed by atoms with Gasteiger partial charge in [0, 0.05) is 0 Å². The van der Waals surface area contributed by atoms with Crippen molar-refractivity contribution in [1.29, 1.82) is 0 Å². The zero-order valence-corrected chi connectivity index (χ0v) is 11.9. The summed E-state index contributed by atoms with van der Waals surface area (Å²) in [6.45, 7) is 6.49. The van der Waals surface area contributed by atoms with Crippen molar-refractivity contribution >= 4 is 11.9 Å². The van der Waals surface area contributed by atoms with E-state index in [2.05, 4.69) is 13.8 Å². The van der Waals surface area contributed by atoms with Crippen molar-refractivity contribution in [3.05, 3.63) is 0 Å². The highest BCUT2D eigenvalue weighted by Crippen LogP contribution is 2.11. The Bertz CT molecular complexity index is 232. The SMILES string of the molecule is CCCOC(=O)CCC(=O)OC(CCC)CCC. The standard InChI is InChI=1S/C14H26O4/c1-4-7-12(8-5-2)18-14(16)10-9-13(15)17-11-6-3/h12H,4-11H2,1-3H3. The van der Waals surface area contributed by atoms with Crippen molar-refractivity contribution in [2.24, 2.45) is 0 Å². The van der Waals surface area contributed by atoms with Crippen LogP contribution in [0, 0.1) is 0 Å². The second-order valence-corrected chi connectivity index (χ2v) is 4.41. The molecule has 18 heavy (non-hydrogen) atoms. The third kappa shape index (κ3) is 9.02. The predicted octanol–water partition coefficient (Wildman–Crippen LogP) is 3.23. The average molecular weight is 258 g/mol. The van der Waals surface area contributed by atoms with Crippen LogP contribution in [0.25, 0.3) is 0 Å². The Morgan fingerprint density at radius 2 is 1.44 bits per heavy atom. The van der Waals surface area contributed by atoms with E-state index in [1.807, 2.05) is 6.92 Å². The van der Waals surface area contributed by atoms with Gasteiger partial charge < -0.3 is 9.47 Å². The minimum atomic E-state index is -0.323. The molecule has 0 aliphatic heterocycles. The predicted molar refractivity (Wildman–Crippen MR) is 70.2 cm³/mol. The zero-order chi connectivity index (χ0) is 13.8. The highest BCUT2D eigenvalue weighted by atomic mass is 16.5. The second-order valence-electron chi connectivity index (χ2n) is 4.41. The molecule has 0 bridgehead atoms. The molecule has 4 heteroatoms. The van der Waals surface area contributed by atoms with Crippen LogP contribution in [0.1, 0.15) is 65.7 Å². The van der Waals surface area contributed by atoms with Gasteiger partial charge in [0.05, 0.1) is 19.4 Å². The lowest BCUT2D eigenvalue weighted by Gasteiger charge is -2.16. The van der Waals surface area contributed by atoms with Crippen molar-refractivity contribution < 1.29 is 19.1 Å². The molecule has 0 aromatic carbocycles. The maximum atomic E-state index is 11.6. The molecule has 106 valence electrons. The summed E-state index contributed by atoms with van der Waals surface area (Å²) in [5, 5.41) is 0. The van der Waals surface area contributed by atoms with E-state index in [1.54, 1.807) is 0 Å². The highest BCUT2D eigenvalue weighted by Gasteiger charge is 2.14. The number of hydrogen-bond donors (Lipinski definition) is 0. The van der Waals surface area contributed by atoms with Gasteiger partial charge in [-0.3, -0.25) is 9.59 Å². The van der Waals surface area contributed by atoms with E-state index in [1.165, 1.54) is 0 Å². The molecular weight excluding hydrogens is 232 g/mol. The van der Waals surface area contributed by atoms with E-state index in [4.69, 9.17) is 9.47 Å². The van der Waals surface area contributed by atoms with Crippen molar-refractivity contribution in [2.75, 3.05) is 6.61 Å². The van der Waals surface area contributed by atoms with Crippen LogP contribution in [-0.4, -0.2) is 24.6 Å². The minimum absolute atomic E-state index is 0.000776. The first kappa shape index (κ1) is 16.9. The first-order valence-electron chi connectivity index (χ1n) is 6.99. The third-order valence-electron chi connectivity index (χ3n) is 2.52. The number of carbonyl (C=O) groups is 2. The van der Waals surface area contributed by atoms with Crippen molar-refractivity contribution in [3.63, 3.8) is 0 Å². The van der Waals surface area contributed by atoms with Crippen LogP contribution >= 0.6 is 0 Å². The van der Waals surface area contributed by atoms with Crippen molar-refractivity contribution in [3.8, 4) is 0 Å². The molecule has 4 nitrogen and oxygen atoms in total. The molecule has 0 atom stereocenters. The third-order valence-corrected chi connectivity index (χ3v) is 2.52. The van der Waals surface area contributed by atoms with E-state index in [0.717, 1.165) is 32.1 Å². The molecule has 0 spiro atoms. The van der Waals surface area contributed by atoms with Crippen LogP contribution in [0.4, 0.5) is 0 Å². The van der Waals surface area contributed by atoms with E-state index in [-0.39, 0.29) is 30.9 Å². The molecular formula is C14H26O4. The van der Waals surface area contributed by atoms with Gasteiger partial charge >= 0.3 is 11.9 Å². The lowest BCUT2D eigenvalue weighted by molar-refractivity contribution is -0.154. The molecule has 0 rings (SSSR count). The van der Waals surface area contributed by atoms with Crippen molar-refractivity contribution in [2.45, 2.75) is 71.8 Å². The van der Waals surface area contributed by atoms with Crippen LogP contribution in [0.5, 0.6) is 0 Å². The van der Waals surface area contributed by atoms with Gasteiger partial charge in [-0.05, 0) is 19.3 Å². The number of esters is 2. The molecule has 0 aromatic heterocycles. The first-order chi connectivity index (χ1) is 8.63. The van der Waals surface area contributed by atoms with Gasteiger partial charge in [0.15, 0.2) is 0 Å². The monoisotopic (exact) mass is 258 g/mol. The molecule has 0 aromatic rings. The van der Waals surface area contributed by atoms with E-state index in [0.29, 0.717) is 6.61 Å². The van der Waals surface area contributed by atoms with Gasteiger partial charge in [0.2, 0.25) is 0 Å². The molecule has 0 saturated heterocycles. The summed E-state index contributed by atoms with van der Waals surface area (Å²) in [6, 6.07) is 0. The Hall–Kier alpha value is -1.06. The minimum Gasteiger partial charge on any atom is -0.466 e. The summed E-state index contributed by atoms with van der Waals surface area (Å²) in [5.41, 5.74) is 0.